The van der Waals surface area contributed by atoms with E-state index in [1.54, 1.807) is 0 Å². The van der Waals surface area contributed by atoms with Crippen LogP contribution in [-0.4, -0.2) is 318 Å². The van der Waals surface area contributed by atoms with Gasteiger partial charge in [-0.2, -0.15) is 0 Å². The van der Waals surface area contributed by atoms with Crippen LogP contribution in [0.4, 0.5) is 0 Å². The second kappa shape index (κ2) is 24.4. The molecule has 22 rings (SSSR count). The lowest BCUT2D eigenvalue weighted by atomic mass is 9.94. The van der Waals surface area contributed by atoms with Crippen LogP contribution < -0.4 is 0 Å². The molecule has 32 heteroatoms. The minimum atomic E-state index is -2.22. The van der Waals surface area contributed by atoms with E-state index >= 15 is 0 Å². The molecule has 22 saturated heterocycles. The Hall–Kier alpha value is -2.18. The first-order valence-corrected chi connectivity index (χ1v) is 22.9. The summed E-state index contributed by atoms with van der Waals surface area (Å²) in [7, 11) is 0. The molecule has 0 spiro atoms. The van der Waals surface area contributed by atoms with Crippen LogP contribution in [0.5, 0.6) is 0 Å². The van der Waals surface area contributed by atoms with Crippen LogP contribution >= 0.6 is 0 Å². The van der Waals surface area contributed by atoms with Crippen LogP contribution in [-0.2, 0) is 75.9 Å². The average molecular weight is 1060 g/mol. The van der Waals surface area contributed by atoms with Gasteiger partial charge in [0.2, 0.25) is 0 Å². The largest absolute Gasteiger partial charge is 0.463 e. The minimum absolute atomic E-state index is 0.788. The molecule has 30 atom stereocenters. The van der Waals surface area contributed by atoms with Crippen molar-refractivity contribution in [1.82, 2.24) is 0 Å². The fraction of sp³-hybridized carbons (Fsp3) is 0.950. The van der Waals surface area contributed by atoms with E-state index in [4.69, 9.17) is 66.3 Å². The summed E-state index contributed by atoms with van der Waals surface area (Å²) in [6.45, 7) is -3.68. The molecule has 16 N–H and O–H groups in total. The summed E-state index contributed by atoms with van der Waals surface area (Å²) in [5.74, 6) is -1.79. The van der Waals surface area contributed by atoms with E-state index in [0.29, 0.717) is 0 Å². The van der Waals surface area contributed by atoms with Crippen molar-refractivity contribution in [3.8, 4) is 0 Å². The van der Waals surface area contributed by atoms with Gasteiger partial charge in [0, 0.05) is 13.8 Å². The second-order valence-corrected chi connectivity index (χ2v) is 18.1. The van der Waals surface area contributed by atoms with Crippen molar-refractivity contribution in [2.45, 2.75) is 198 Å². The van der Waals surface area contributed by atoms with E-state index in [9.17, 15) is 91.3 Å². The first-order chi connectivity index (χ1) is 34.1. The summed E-state index contributed by atoms with van der Waals surface area (Å²) in [6, 6.07) is 0. The predicted molar refractivity (Wildman–Crippen MR) is 215 cm³/mol. The zero-order valence-corrected chi connectivity index (χ0v) is 38.3. The van der Waals surface area contributed by atoms with Crippen LogP contribution in [0, 0.1) is 0 Å². The van der Waals surface area contributed by atoms with Crippen molar-refractivity contribution >= 4 is 11.9 Å². The van der Waals surface area contributed by atoms with Crippen molar-refractivity contribution in [3.05, 3.63) is 0 Å². The van der Waals surface area contributed by atoms with Gasteiger partial charge in [-0.25, -0.2) is 0 Å². The Morgan fingerprint density at radius 3 is 0.625 bits per heavy atom. The van der Waals surface area contributed by atoms with Gasteiger partial charge in [0.1, 0.15) is 160 Å². The van der Waals surface area contributed by atoms with Crippen molar-refractivity contribution in [3.63, 3.8) is 0 Å². The number of ether oxygens (including phenoxy) is 14. The third-order valence-corrected chi connectivity index (χ3v) is 13.2. The minimum Gasteiger partial charge on any atom is -0.463 e. The van der Waals surface area contributed by atoms with Gasteiger partial charge in [-0.05, 0) is 0 Å². The first-order valence-electron chi connectivity index (χ1n) is 22.9. The molecule has 0 aliphatic carbocycles. The van der Waals surface area contributed by atoms with Gasteiger partial charge in [-0.1, -0.05) is 0 Å². The highest BCUT2D eigenvalue weighted by Crippen LogP contribution is 2.38. The van der Waals surface area contributed by atoms with E-state index in [1.807, 2.05) is 0 Å². The molecule has 72 heavy (non-hydrogen) atoms. The van der Waals surface area contributed by atoms with Crippen molar-refractivity contribution in [2.75, 3.05) is 39.6 Å². The van der Waals surface area contributed by atoms with E-state index < -0.39 is 236 Å². The molecule has 0 aromatic heterocycles. The summed E-state index contributed by atoms with van der Waals surface area (Å²) in [5, 5.41) is 177. The molecule has 22 aliphatic rings. The number of aliphatic hydroxyl groups is 16. The van der Waals surface area contributed by atoms with E-state index in [0.717, 1.165) is 13.8 Å². The molecule has 12 bridgehead atoms. The molecule has 22 aliphatic heterocycles. The number of hydrogen-bond donors (Lipinski definition) is 16. The number of hydrogen-bond acceptors (Lipinski definition) is 32. The van der Waals surface area contributed by atoms with Crippen LogP contribution in [0.3, 0.4) is 0 Å². The summed E-state index contributed by atoms with van der Waals surface area (Å²) in [5.41, 5.74) is 0. The molecule has 0 amide bonds. The Kier molecular flexibility index (Phi) is 19.5. The fourth-order valence-electron chi connectivity index (χ4n) is 9.30. The fourth-order valence-corrected chi connectivity index (χ4v) is 9.30. The van der Waals surface area contributed by atoms with Crippen LogP contribution in [0.15, 0.2) is 0 Å². The quantitative estimate of drug-likeness (QED) is 0.100. The Morgan fingerprint density at radius 1 is 0.292 bits per heavy atom. The Labute approximate surface area is 407 Å². The molecular weight excluding hydrogens is 992 g/mol. The topological polar surface area (TPSA) is 487 Å². The Bertz CT molecular complexity index is 1730. The maximum absolute atomic E-state index is 12.0. The van der Waals surface area contributed by atoms with E-state index in [1.165, 1.54) is 0 Å². The SMILES string of the molecule is CC(=O)OCC1OC2OC3C(COC(C)=O)OC(OC4C(CO)OC(OC5C(CO)OC(OC6C(CO)OC(OC7C(CO)OC(OC1C(O)C2O)C(O)C7O)C(O)C6O)C(O)C5O)C(O)C4O)C(O)C3O. The maximum Gasteiger partial charge on any atom is 0.302 e. The molecule has 416 valence electrons. The lowest BCUT2D eigenvalue weighted by Crippen LogP contribution is -2.69. The predicted octanol–water partition coefficient (Wildman–Crippen LogP) is -11.9. The van der Waals surface area contributed by atoms with Gasteiger partial charge in [0.05, 0.1) is 26.4 Å². The number of carbonyl (C=O) groups is 2. The highest BCUT2D eigenvalue weighted by Gasteiger charge is 2.59. The van der Waals surface area contributed by atoms with Gasteiger partial charge in [-0.15, -0.1) is 0 Å². The van der Waals surface area contributed by atoms with E-state index in [2.05, 4.69) is 0 Å². The van der Waals surface area contributed by atoms with Gasteiger partial charge >= 0.3 is 11.9 Å². The normalized spacial score (nSPS) is 51.5. The van der Waals surface area contributed by atoms with Crippen LogP contribution in [0.25, 0.3) is 0 Å². The molecule has 30 unspecified atom stereocenters. The van der Waals surface area contributed by atoms with Crippen molar-refractivity contribution < 1.29 is 158 Å². The molecule has 0 saturated carbocycles. The summed E-state index contributed by atoms with van der Waals surface area (Å²) in [6.07, 6.45) is -59.7. The first kappa shape index (κ1) is 57.5. The molecule has 22 heterocycles. The van der Waals surface area contributed by atoms with Crippen molar-refractivity contribution in [2.24, 2.45) is 0 Å². The number of aliphatic hydroxyl groups excluding tert-OH is 16. The van der Waals surface area contributed by atoms with Gasteiger partial charge < -0.3 is 148 Å². The summed E-state index contributed by atoms with van der Waals surface area (Å²) >= 11 is 0. The standard InChI is InChI=1S/C40H64O32/c1-9(45)59-7-15-33-22(52)28(58)40(66-15)72-34-16(8-60-10(2)46)65-39(27(57)21(34)51)70-32-14(6-44)63-37(25(55)19(32)49)68-30-12(4-42)61-35(23(53)17(30)47)67-29-11(3-41)62-36(24(54)18(29)48)69-31-13(5-43)64-38(71-33)26(56)20(31)50/h11-44,47-58H,3-8H2,1-2H3. The smallest absolute Gasteiger partial charge is 0.302 e. The lowest BCUT2D eigenvalue weighted by Gasteiger charge is -2.50. The van der Waals surface area contributed by atoms with Gasteiger partial charge in [0.15, 0.2) is 37.7 Å². The number of carbonyl (C=O) groups excluding carboxylic acids is 2. The number of rotatable bonds is 8. The van der Waals surface area contributed by atoms with Gasteiger partial charge in [-0.3, -0.25) is 9.59 Å². The Morgan fingerprint density at radius 2 is 0.458 bits per heavy atom. The van der Waals surface area contributed by atoms with Crippen molar-refractivity contribution in [1.29, 1.82) is 0 Å². The maximum atomic E-state index is 12.0. The zero-order valence-electron chi connectivity index (χ0n) is 38.3. The lowest BCUT2D eigenvalue weighted by molar-refractivity contribution is -0.404. The Balaban J connectivity index is 1.22. The highest BCUT2D eigenvalue weighted by molar-refractivity contribution is 5.66. The summed E-state index contributed by atoms with van der Waals surface area (Å²) < 4.78 is 79.1. The molecule has 22 fully saturated rings. The average Bonchev–Trinajstić information content (AvgIpc) is 3.35. The third kappa shape index (κ3) is 11.9. The summed E-state index contributed by atoms with van der Waals surface area (Å²) in [4.78, 5) is 24.0. The molecular formula is C40H64O32. The number of esters is 2. The zero-order chi connectivity index (χ0) is 52.6. The highest BCUT2D eigenvalue weighted by atomic mass is 16.8. The monoisotopic (exact) mass is 1060 g/mol. The van der Waals surface area contributed by atoms with Gasteiger partial charge in [0.25, 0.3) is 0 Å². The van der Waals surface area contributed by atoms with Crippen LogP contribution in [0.1, 0.15) is 13.8 Å². The molecule has 32 nitrogen and oxygen atoms in total. The van der Waals surface area contributed by atoms with E-state index in [-0.39, 0.29) is 0 Å². The molecule has 0 aromatic rings. The second-order valence-electron chi connectivity index (χ2n) is 18.1. The van der Waals surface area contributed by atoms with Crippen LogP contribution in [0.2, 0.25) is 0 Å². The molecule has 0 aromatic carbocycles. The molecule has 0 radical (unpaired) electrons. The third-order valence-electron chi connectivity index (χ3n) is 13.2.